The van der Waals surface area contributed by atoms with Gasteiger partial charge in [-0.15, -0.1) is 0 Å². The molecule has 10 rings (SSSR count). The highest BCUT2D eigenvalue weighted by Crippen LogP contribution is 2.41. The van der Waals surface area contributed by atoms with Gasteiger partial charge in [0.25, 0.3) is 0 Å². The first-order valence-electron chi connectivity index (χ1n) is 16.7. The zero-order valence-corrected chi connectivity index (χ0v) is 26.6. The SMILES string of the molecule is c1ccc(N(c2ccc(-c3cccc(-n4c5ccccc5c5ccccc54)c3)cc2)c2ccc3c(c2)oc2c4ccccc4ccc32)cc1. The monoisotopic (exact) mass is 626 g/mol. The molecule has 0 spiro atoms. The second-order valence-electron chi connectivity index (χ2n) is 12.6. The molecule has 8 aromatic carbocycles. The molecule has 0 radical (unpaired) electrons. The Balaban J connectivity index is 1.06. The highest BCUT2D eigenvalue weighted by atomic mass is 16.3. The van der Waals surface area contributed by atoms with E-state index in [1.807, 2.05) is 0 Å². The first-order valence-corrected chi connectivity index (χ1v) is 16.7. The van der Waals surface area contributed by atoms with E-state index in [9.17, 15) is 0 Å². The Bertz CT molecular complexity index is 2770. The van der Waals surface area contributed by atoms with Crippen molar-refractivity contribution in [2.24, 2.45) is 0 Å². The van der Waals surface area contributed by atoms with Crippen LogP contribution in [0.2, 0.25) is 0 Å². The van der Waals surface area contributed by atoms with E-state index >= 15 is 0 Å². The Labute approximate surface area is 283 Å². The summed E-state index contributed by atoms with van der Waals surface area (Å²) in [5.74, 6) is 0. The zero-order valence-electron chi connectivity index (χ0n) is 26.6. The molecule has 0 atom stereocenters. The van der Waals surface area contributed by atoms with E-state index in [0.717, 1.165) is 50.1 Å². The number of fused-ring (bicyclic) bond motifs is 8. The molecule has 3 nitrogen and oxygen atoms in total. The molecule has 0 aliphatic rings. The average Bonchev–Trinajstić information content (AvgIpc) is 3.72. The molecule has 49 heavy (non-hydrogen) atoms. The molecule has 10 aromatic rings. The summed E-state index contributed by atoms with van der Waals surface area (Å²) < 4.78 is 8.94. The van der Waals surface area contributed by atoms with Gasteiger partial charge in [-0.3, -0.25) is 0 Å². The van der Waals surface area contributed by atoms with Crippen LogP contribution in [-0.4, -0.2) is 4.57 Å². The summed E-state index contributed by atoms with van der Waals surface area (Å²) in [5.41, 5.74) is 10.9. The molecule has 0 bridgehead atoms. The first-order chi connectivity index (χ1) is 24.3. The van der Waals surface area contributed by atoms with Gasteiger partial charge in [0.05, 0.1) is 11.0 Å². The molecule has 0 amide bonds. The van der Waals surface area contributed by atoms with Crippen LogP contribution in [0.15, 0.2) is 186 Å². The predicted molar refractivity (Wildman–Crippen MR) is 206 cm³/mol. The summed E-state index contributed by atoms with van der Waals surface area (Å²) in [6, 6.07) is 64.9. The molecule has 0 aliphatic heterocycles. The lowest BCUT2D eigenvalue weighted by atomic mass is 10.0. The minimum Gasteiger partial charge on any atom is -0.455 e. The number of aromatic nitrogens is 1. The highest BCUT2D eigenvalue weighted by Gasteiger charge is 2.17. The summed E-state index contributed by atoms with van der Waals surface area (Å²) in [6.07, 6.45) is 0. The molecule has 230 valence electrons. The summed E-state index contributed by atoms with van der Waals surface area (Å²) >= 11 is 0. The van der Waals surface area contributed by atoms with Crippen molar-refractivity contribution in [3.05, 3.63) is 182 Å². The van der Waals surface area contributed by atoms with E-state index in [-0.39, 0.29) is 0 Å². The number of hydrogen-bond donors (Lipinski definition) is 0. The minimum atomic E-state index is 0.878. The smallest absolute Gasteiger partial charge is 0.143 e. The van der Waals surface area contributed by atoms with Crippen molar-refractivity contribution in [2.45, 2.75) is 0 Å². The van der Waals surface area contributed by atoms with Crippen LogP contribution in [0.5, 0.6) is 0 Å². The maximum atomic E-state index is 6.57. The van der Waals surface area contributed by atoms with Crippen LogP contribution >= 0.6 is 0 Å². The van der Waals surface area contributed by atoms with Gasteiger partial charge in [0.15, 0.2) is 0 Å². The Morgan fingerprint density at radius 2 is 1.02 bits per heavy atom. The normalized spacial score (nSPS) is 11.7. The van der Waals surface area contributed by atoms with Crippen molar-refractivity contribution in [3.63, 3.8) is 0 Å². The van der Waals surface area contributed by atoms with Gasteiger partial charge >= 0.3 is 0 Å². The number of benzene rings is 8. The third kappa shape index (κ3) is 4.44. The lowest BCUT2D eigenvalue weighted by molar-refractivity contribution is 0.672. The third-order valence-electron chi connectivity index (χ3n) is 9.76. The Morgan fingerprint density at radius 3 is 1.80 bits per heavy atom. The number of anilines is 3. The van der Waals surface area contributed by atoms with Crippen LogP contribution in [0.25, 0.3) is 71.3 Å². The maximum Gasteiger partial charge on any atom is 0.143 e. The fraction of sp³-hybridized carbons (Fsp3) is 0. The second-order valence-corrected chi connectivity index (χ2v) is 12.6. The van der Waals surface area contributed by atoms with Crippen molar-refractivity contribution in [1.82, 2.24) is 4.57 Å². The standard InChI is InChI=1S/C46H30N2O/c1-2-13-34(14-3-1)47(37-26-28-41-42-27-23-32-11-4-5-16-38(32)46(42)49-45(41)30-37)35-24-21-31(22-25-35)33-12-10-15-36(29-33)48-43-19-8-6-17-39(43)40-18-7-9-20-44(40)48/h1-30H. The molecule has 0 aliphatic carbocycles. The van der Waals surface area contributed by atoms with Crippen molar-refractivity contribution in [2.75, 3.05) is 4.90 Å². The van der Waals surface area contributed by atoms with E-state index in [2.05, 4.69) is 191 Å². The number of hydrogen-bond acceptors (Lipinski definition) is 2. The predicted octanol–water partition coefficient (Wildman–Crippen LogP) is 13.0. The largest absolute Gasteiger partial charge is 0.455 e. The quantitative estimate of drug-likeness (QED) is 0.190. The molecule has 3 heteroatoms. The number of nitrogens with zero attached hydrogens (tertiary/aromatic N) is 2. The van der Waals surface area contributed by atoms with Crippen molar-refractivity contribution in [1.29, 1.82) is 0 Å². The molecular weight excluding hydrogens is 597 g/mol. The Kier molecular flexibility index (Phi) is 6.18. The molecule has 0 fully saturated rings. The van der Waals surface area contributed by atoms with Crippen LogP contribution in [0.1, 0.15) is 0 Å². The van der Waals surface area contributed by atoms with Gasteiger partial charge in [-0.05, 0) is 83.2 Å². The lowest BCUT2D eigenvalue weighted by Crippen LogP contribution is -2.09. The van der Waals surface area contributed by atoms with Crippen LogP contribution < -0.4 is 4.90 Å². The van der Waals surface area contributed by atoms with Crippen LogP contribution in [0.3, 0.4) is 0 Å². The van der Waals surface area contributed by atoms with E-state index in [1.165, 1.54) is 38.3 Å². The highest BCUT2D eigenvalue weighted by molar-refractivity contribution is 6.15. The molecule has 2 aromatic heterocycles. The summed E-state index contributed by atoms with van der Waals surface area (Å²) in [5, 5.41) is 7.11. The molecule has 0 saturated heterocycles. The second kappa shape index (κ2) is 11.0. The van der Waals surface area contributed by atoms with E-state index < -0.39 is 0 Å². The Hall–Kier alpha value is -6.58. The summed E-state index contributed by atoms with van der Waals surface area (Å²) in [6.45, 7) is 0. The number of para-hydroxylation sites is 3. The van der Waals surface area contributed by atoms with E-state index in [4.69, 9.17) is 4.42 Å². The fourth-order valence-electron chi connectivity index (χ4n) is 7.48. The van der Waals surface area contributed by atoms with Gasteiger partial charge < -0.3 is 13.9 Å². The molecule has 0 N–H and O–H groups in total. The van der Waals surface area contributed by atoms with Crippen LogP contribution in [0.4, 0.5) is 17.1 Å². The minimum absolute atomic E-state index is 0.878. The van der Waals surface area contributed by atoms with E-state index in [1.54, 1.807) is 0 Å². The first kappa shape index (κ1) is 27.5. The topological polar surface area (TPSA) is 21.3 Å². The fourth-order valence-corrected chi connectivity index (χ4v) is 7.48. The number of furan rings is 1. The van der Waals surface area contributed by atoms with Gasteiger partial charge in [0.2, 0.25) is 0 Å². The van der Waals surface area contributed by atoms with Crippen LogP contribution in [-0.2, 0) is 0 Å². The molecular formula is C46H30N2O. The third-order valence-corrected chi connectivity index (χ3v) is 9.76. The molecule has 0 unspecified atom stereocenters. The Morgan fingerprint density at radius 1 is 0.388 bits per heavy atom. The van der Waals surface area contributed by atoms with Gasteiger partial charge in [-0.2, -0.15) is 0 Å². The number of rotatable bonds is 5. The van der Waals surface area contributed by atoms with Gasteiger partial charge in [0.1, 0.15) is 11.2 Å². The van der Waals surface area contributed by atoms with Crippen molar-refractivity contribution < 1.29 is 4.42 Å². The molecule has 0 saturated carbocycles. The van der Waals surface area contributed by atoms with Gasteiger partial charge in [-0.1, -0.05) is 109 Å². The van der Waals surface area contributed by atoms with E-state index in [0.29, 0.717) is 0 Å². The average molecular weight is 627 g/mol. The summed E-state index contributed by atoms with van der Waals surface area (Å²) in [7, 11) is 0. The lowest BCUT2D eigenvalue weighted by Gasteiger charge is -2.25. The van der Waals surface area contributed by atoms with Gasteiger partial charge in [-0.25, -0.2) is 0 Å². The van der Waals surface area contributed by atoms with Gasteiger partial charge in [0, 0.05) is 55.7 Å². The zero-order chi connectivity index (χ0) is 32.3. The maximum absolute atomic E-state index is 6.57. The van der Waals surface area contributed by atoms with Crippen molar-refractivity contribution in [3.8, 4) is 16.8 Å². The summed E-state index contributed by atoms with van der Waals surface area (Å²) in [4.78, 5) is 2.29. The van der Waals surface area contributed by atoms with Crippen molar-refractivity contribution >= 4 is 71.6 Å². The molecule has 2 heterocycles. The van der Waals surface area contributed by atoms with Crippen LogP contribution in [0, 0.1) is 0 Å².